The van der Waals surface area contributed by atoms with Gasteiger partial charge in [0.15, 0.2) is 6.10 Å². The number of benzene rings is 1. The van der Waals surface area contributed by atoms with Crippen LogP contribution in [0.15, 0.2) is 18.2 Å². The third-order valence-corrected chi connectivity index (χ3v) is 2.44. The van der Waals surface area contributed by atoms with Crippen molar-refractivity contribution in [3.8, 4) is 5.75 Å². The van der Waals surface area contributed by atoms with Crippen molar-refractivity contribution in [2.45, 2.75) is 20.0 Å². The molecule has 0 heterocycles. The Morgan fingerprint density at radius 2 is 2.16 bits per heavy atom. The molecule has 2 N–H and O–H groups in total. The summed E-state index contributed by atoms with van der Waals surface area (Å²) in [6.07, 6.45) is -0.913. The minimum atomic E-state index is -0.913. The first-order chi connectivity index (χ1) is 8.93. The van der Waals surface area contributed by atoms with Crippen LogP contribution in [0.25, 0.3) is 0 Å². The van der Waals surface area contributed by atoms with Gasteiger partial charge in [-0.1, -0.05) is 11.6 Å². The minimum Gasteiger partial charge on any atom is -0.481 e. The molecule has 1 unspecified atom stereocenters. The highest BCUT2D eigenvalue weighted by Crippen LogP contribution is 2.21. The first kappa shape index (κ1) is 15.2. The number of hydrogen-bond donors (Lipinski definition) is 2. The number of carbonyl (C=O) groups is 2. The summed E-state index contributed by atoms with van der Waals surface area (Å²) in [5, 5.41) is 4.42. The minimum absolute atomic E-state index is 0.103. The molecule has 0 aliphatic rings. The summed E-state index contributed by atoms with van der Waals surface area (Å²) >= 11 is 5.58. The normalized spacial score (nSPS) is 11.6. The first-order valence-electron chi connectivity index (χ1n) is 5.64. The van der Waals surface area contributed by atoms with E-state index in [0.29, 0.717) is 6.54 Å². The number of hydrogen-bond acceptors (Lipinski definition) is 3. The molecule has 19 heavy (non-hydrogen) atoms. The largest absolute Gasteiger partial charge is 0.481 e. The van der Waals surface area contributed by atoms with Crippen LogP contribution in [-0.4, -0.2) is 24.6 Å². The van der Waals surface area contributed by atoms with Gasteiger partial charge >= 0.3 is 6.03 Å². The van der Waals surface area contributed by atoms with Crippen LogP contribution in [0.2, 0.25) is 5.02 Å². The Labute approximate surface area is 115 Å². The van der Waals surface area contributed by atoms with E-state index >= 15 is 0 Å². The van der Waals surface area contributed by atoms with E-state index in [1.54, 1.807) is 6.92 Å². The smallest absolute Gasteiger partial charge is 0.321 e. The van der Waals surface area contributed by atoms with Crippen molar-refractivity contribution in [2.75, 3.05) is 6.54 Å². The van der Waals surface area contributed by atoms with Crippen molar-refractivity contribution in [3.63, 3.8) is 0 Å². The molecule has 5 nitrogen and oxygen atoms in total. The zero-order valence-electron chi connectivity index (χ0n) is 10.5. The molecule has 0 spiro atoms. The van der Waals surface area contributed by atoms with E-state index < -0.39 is 23.9 Å². The molecule has 1 aromatic rings. The lowest BCUT2D eigenvalue weighted by Crippen LogP contribution is -2.45. The molecule has 3 amide bonds. The van der Waals surface area contributed by atoms with E-state index in [1.165, 1.54) is 19.1 Å². The van der Waals surface area contributed by atoms with Crippen LogP contribution >= 0.6 is 11.6 Å². The standard InChI is InChI=1S/C12H14ClFN2O3/c1-3-15-12(18)16-11(17)7(2)19-8-4-5-10(14)9(13)6-8/h4-7H,3H2,1-2H3,(H2,15,16,17,18). The first-order valence-corrected chi connectivity index (χ1v) is 6.02. The lowest BCUT2D eigenvalue weighted by molar-refractivity contribution is -0.126. The average Bonchev–Trinajstić information content (AvgIpc) is 2.34. The number of amides is 3. The number of ether oxygens (including phenoxy) is 1. The van der Waals surface area contributed by atoms with E-state index in [1.807, 2.05) is 0 Å². The second kappa shape index (κ2) is 6.94. The number of rotatable bonds is 4. The molecule has 0 aromatic heterocycles. The van der Waals surface area contributed by atoms with Gasteiger partial charge in [0.1, 0.15) is 11.6 Å². The Kier molecular flexibility index (Phi) is 5.57. The molecule has 7 heteroatoms. The zero-order chi connectivity index (χ0) is 14.4. The fourth-order valence-corrected chi connectivity index (χ4v) is 1.40. The van der Waals surface area contributed by atoms with Crippen LogP contribution < -0.4 is 15.4 Å². The maximum Gasteiger partial charge on any atom is 0.321 e. The molecule has 104 valence electrons. The highest BCUT2D eigenvalue weighted by molar-refractivity contribution is 6.30. The monoisotopic (exact) mass is 288 g/mol. The van der Waals surface area contributed by atoms with Gasteiger partial charge in [-0.3, -0.25) is 10.1 Å². The maximum absolute atomic E-state index is 12.9. The predicted molar refractivity (Wildman–Crippen MR) is 68.7 cm³/mol. The van der Waals surface area contributed by atoms with Crippen LogP contribution in [0.5, 0.6) is 5.75 Å². The van der Waals surface area contributed by atoms with E-state index in [4.69, 9.17) is 16.3 Å². The van der Waals surface area contributed by atoms with Crippen LogP contribution in [0.1, 0.15) is 13.8 Å². The Balaban J connectivity index is 2.58. The van der Waals surface area contributed by atoms with Gasteiger partial charge in [-0.2, -0.15) is 0 Å². The number of halogens is 2. The van der Waals surface area contributed by atoms with Gasteiger partial charge < -0.3 is 10.1 Å². The van der Waals surface area contributed by atoms with E-state index in [-0.39, 0.29) is 10.8 Å². The topological polar surface area (TPSA) is 67.4 Å². The van der Waals surface area contributed by atoms with Crippen molar-refractivity contribution >= 4 is 23.5 Å². The maximum atomic E-state index is 12.9. The van der Waals surface area contributed by atoms with Gasteiger partial charge in [0.25, 0.3) is 5.91 Å². The average molecular weight is 289 g/mol. The van der Waals surface area contributed by atoms with Crippen LogP contribution in [0.4, 0.5) is 9.18 Å². The fourth-order valence-electron chi connectivity index (χ4n) is 1.23. The van der Waals surface area contributed by atoms with Gasteiger partial charge in [0.05, 0.1) is 5.02 Å². The summed E-state index contributed by atoms with van der Waals surface area (Å²) in [7, 11) is 0. The van der Waals surface area contributed by atoms with E-state index in [9.17, 15) is 14.0 Å². The van der Waals surface area contributed by atoms with Gasteiger partial charge in [-0.15, -0.1) is 0 Å². The van der Waals surface area contributed by atoms with E-state index in [2.05, 4.69) is 10.6 Å². The number of urea groups is 1. The molecular weight excluding hydrogens is 275 g/mol. The van der Waals surface area contributed by atoms with Crippen molar-refractivity contribution in [1.82, 2.24) is 10.6 Å². The quantitative estimate of drug-likeness (QED) is 0.891. The van der Waals surface area contributed by atoms with Crippen molar-refractivity contribution in [2.24, 2.45) is 0 Å². The molecule has 1 rings (SSSR count). The number of carbonyl (C=O) groups excluding carboxylic acids is 2. The van der Waals surface area contributed by atoms with Crippen LogP contribution in [0, 0.1) is 5.82 Å². The van der Waals surface area contributed by atoms with Crippen LogP contribution in [-0.2, 0) is 4.79 Å². The van der Waals surface area contributed by atoms with Crippen molar-refractivity contribution in [1.29, 1.82) is 0 Å². The molecule has 0 aliphatic heterocycles. The summed E-state index contributed by atoms with van der Waals surface area (Å²) in [4.78, 5) is 22.7. The van der Waals surface area contributed by atoms with Gasteiger partial charge in [-0.25, -0.2) is 9.18 Å². The third kappa shape index (κ3) is 4.75. The van der Waals surface area contributed by atoms with Crippen LogP contribution in [0.3, 0.4) is 0 Å². The Bertz CT molecular complexity index is 482. The van der Waals surface area contributed by atoms with Gasteiger partial charge in [0.2, 0.25) is 0 Å². The second-order valence-electron chi connectivity index (χ2n) is 3.68. The summed E-state index contributed by atoms with van der Waals surface area (Å²) in [6.45, 7) is 3.60. The Morgan fingerprint density at radius 1 is 1.47 bits per heavy atom. The summed E-state index contributed by atoms with van der Waals surface area (Å²) < 4.78 is 18.2. The Morgan fingerprint density at radius 3 is 2.74 bits per heavy atom. The molecule has 0 saturated carbocycles. The number of nitrogens with one attached hydrogen (secondary N) is 2. The van der Waals surface area contributed by atoms with Gasteiger partial charge in [-0.05, 0) is 26.0 Å². The van der Waals surface area contributed by atoms with Crippen molar-refractivity contribution < 1.29 is 18.7 Å². The van der Waals surface area contributed by atoms with Crippen molar-refractivity contribution in [3.05, 3.63) is 29.0 Å². The predicted octanol–water partition coefficient (Wildman–Crippen LogP) is 2.09. The fraction of sp³-hybridized carbons (Fsp3) is 0.333. The lowest BCUT2D eigenvalue weighted by atomic mass is 10.3. The lowest BCUT2D eigenvalue weighted by Gasteiger charge is -2.14. The Hall–Kier alpha value is -1.82. The summed E-state index contributed by atoms with van der Waals surface area (Å²) in [6, 6.07) is 3.13. The molecule has 0 fully saturated rings. The SMILES string of the molecule is CCNC(=O)NC(=O)C(C)Oc1ccc(F)c(Cl)c1. The van der Waals surface area contributed by atoms with Gasteiger partial charge in [0, 0.05) is 12.6 Å². The molecule has 1 atom stereocenters. The highest BCUT2D eigenvalue weighted by atomic mass is 35.5. The molecule has 1 aromatic carbocycles. The number of imide groups is 1. The molecule has 0 bridgehead atoms. The summed E-state index contributed by atoms with van der Waals surface area (Å²) in [5.74, 6) is -0.940. The molecule has 0 aliphatic carbocycles. The zero-order valence-corrected chi connectivity index (χ0v) is 11.3. The highest BCUT2D eigenvalue weighted by Gasteiger charge is 2.17. The molecule has 0 radical (unpaired) electrons. The molecule has 0 saturated heterocycles. The van der Waals surface area contributed by atoms with E-state index in [0.717, 1.165) is 6.07 Å². The summed E-state index contributed by atoms with van der Waals surface area (Å²) in [5.41, 5.74) is 0. The third-order valence-electron chi connectivity index (χ3n) is 2.15. The second-order valence-corrected chi connectivity index (χ2v) is 4.09. The molecular formula is C12H14ClFN2O3.